The number of para-hydroxylation sites is 1. The number of nitrogens with zero attached hydrogens (tertiary/aromatic N) is 4. The van der Waals surface area contributed by atoms with E-state index in [9.17, 15) is 4.79 Å². The number of carbonyl (C=O) groups excluding carboxylic acids is 1. The first-order chi connectivity index (χ1) is 16.5. The molecule has 0 amide bonds. The van der Waals surface area contributed by atoms with Gasteiger partial charge < -0.3 is 15.0 Å². The summed E-state index contributed by atoms with van der Waals surface area (Å²) in [5.74, 6) is -0.312. The first kappa shape index (κ1) is 23.9. The summed E-state index contributed by atoms with van der Waals surface area (Å²) >= 11 is 5.64. The number of carbonyl (C=O) groups is 1. The van der Waals surface area contributed by atoms with Crippen LogP contribution in [0, 0.1) is 13.8 Å². The minimum Gasteiger partial charge on any atom is -0.462 e. The van der Waals surface area contributed by atoms with Gasteiger partial charge in [-0.15, -0.1) is 0 Å². The fourth-order valence-electron chi connectivity index (χ4n) is 4.16. The van der Waals surface area contributed by atoms with E-state index in [2.05, 4.69) is 41.1 Å². The van der Waals surface area contributed by atoms with Gasteiger partial charge in [0.15, 0.2) is 5.11 Å². The van der Waals surface area contributed by atoms with Crippen LogP contribution in [0.2, 0.25) is 0 Å². The number of aryl methyl sites for hydroxylation is 1. The van der Waals surface area contributed by atoms with Crippen molar-refractivity contribution >= 4 is 29.0 Å². The standard InChI is InChI=1S/C26H31N5O2S/c1-4-33-25(32)21-10-12-22(13-11-21)27-26(34)30-16-14-29(15-17-30)18-24-19(2)28-31(20(24)3)23-8-6-5-7-9-23/h5-13H,4,14-18H2,1-3H3,(H,27,34). The van der Waals surface area contributed by atoms with Gasteiger partial charge >= 0.3 is 5.97 Å². The summed E-state index contributed by atoms with van der Waals surface area (Å²) < 4.78 is 7.07. The highest BCUT2D eigenvalue weighted by molar-refractivity contribution is 7.80. The fraction of sp³-hybridized carbons (Fsp3) is 0.346. The van der Waals surface area contributed by atoms with Crippen molar-refractivity contribution in [2.45, 2.75) is 27.3 Å². The molecule has 0 saturated carbocycles. The van der Waals surface area contributed by atoms with Gasteiger partial charge in [-0.25, -0.2) is 9.48 Å². The highest BCUT2D eigenvalue weighted by Crippen LogP contribution is 2.20. The summed E-state index contributed by atoms with van der Waals surface area (Å²) in [7, 11) is 0. The van der Waals surface area contributed by atoms with Crippen LogP contribution >= 0.6 is 12.2 Å². The normalized spacial score (nSPS) is 14.1. The summed E-state index contributed by atoms with van der Waals surface area (Å²) in [6, 6.07) is 17.5. The van der Waals surface area contributed by atoms with Gasteiger partial charge in [0.1, 0.15) is 0 Å². The van der Waals surface area contributed by atoms with Crippen LogP contribution < -0.4 is 5.32 Å². The number of hydrogen-bond acceptors (Lipinski definition) is 5. The number of ether oxygens (including phenoxy) is 1. The maximum Gasteiger partial charge on any atom is 0.338 e. The quantitative estimate of drug-likeness (QED) is 0.422. The third-order valence-electron chi connectivity index (χ3n) is 6.13. The van der Waals surface area contributed by atoms with Crippen LogP contribution in [-0.2, 0) is 11.3 Å². The van der Waals surface area contributed by atoms with E-state index in [1.54, 1.807) is 19.1 Å². The van der Waals surface area contributed by atoms with Crippen LogP contribution in [0.5, 0.6) is 0 Å². The first-order valence-corrected chi connectivity index (χ1v) is 12.0. The topological polar surface area (TPSA) is 62.6 Å². The number of rotatable bonds is 6. The van der Waals surface area contributed by atoms with Crippen LogP contribution in [0.3, 0.4) is 0 Å². The number of esters is 1. The van der Waals surface area contributed by atoms with Gasteiger partial charge in [0.25, 0.3) is 0 Å². The third-order valence-corrected chi connectivity index (χ3v) is 6.49. The van der Waals surface area contributed by atoms with E-state index in [1.165, 1.54) is 11.3 Å². The molecule has 1 saturated heterocycles. The van der Waals surface area contributed by atoms with Crippen LogP contribution in [0.1, 0.15) is 34.2 Å². The lowest BCUT2D eigenvalue weighted by atomic mass is 10.1. The van der Waals surface area contributed by atoms with Crippen molar-refractivity contribution in [2.75, 3.05) is 38.1 Å². The molecule has 3 aromatic rings. The maximum atomic E-state index is 11.8. The molecule has 1 aliphatic rings. The number of thiocarbonyl (C=S) groups is 1. The molecule has 7 nitrogen and oxygen atoms in total. The molecule has 0 aliphatic carbocycles. The highest BCUT2D eigenvalue weighted by Gasteiger charge is 2.22. The zero-order valence-corrected chi connectivity index (χ0v) is 20.8. The van der Waals surface area contributed by atoms with Crippen molar-refractivity contribution in [3.05, 3.63) is 77.1 Å². The second kappa shape index (κ2) is 10.8. The average Bonchev–Trinajstić information content (AvgIpc) is 3.14. The van der Waals surface area contributed by atoms with Crippen molar-refractivity contribution in [2.24, 2.45) is 0 Å². The summed E-state index contributed by atoms with van der Waals surface area (Å²) in [6.45, 7) is 10.9. The Hall–Kier alpha value is -3.23. The lowest BCUT2D eigenvalue weighted by Gasteiger charge is -2.36. The number of hydrogen-bond donors (Lipinski definition) is 1. The predicted octanol–water partition coefficient (Wildman–Crippen LogP) is 4.18. The average molecular weight is 478 g/mol. The molecule has 0 unspecified atom stereocenters. The molecule has 1 aromatic heterocycles. The van der Waals surface area contributed by atoms with Gasteiger partial charge in [-0.3, -0.25) is 4.90 Å². The van der Waals surface area contributed by atoms with Crippen LogP contribution in [0.15, 0.2) is 54.6 Å². The SMILES string of the molecule is CCOC(=O)c1ccc(NC(=S)N2CCN(Cc3c(C)nn(-c4ccccc4)c3C)CC2)cc1. The molecule has 0 spiro atoms. The molecule has 8 heteroatoms. The zero-order valence-electron chi connectivity index (χ0n) is 20.0. The molecule has 4 rings (SSSR count). The molecule has 34 heavy (non-hydrogen) atoms. The lowest BCUT2D eigenvalue weighted by Crippen LogP contribution is -2.49. The van der Waals surface area contributed by atoms with Crippen molar-refractivity contribution < 1.29 is 9.53 Å². The highest BCUT2D eigenvalue weighted by atomic mass is 32.1. The number of aromatic nitrogens is 2. The molecule has 2 aromatic carbocycles. The molecule has 0 atom stereocenters. The van der Waals surface area contributed by atoms with Crippen LogP contribution in [0.25, 0.3) is 5.69 Å². The van der Waals surface area contributed by atoms with Crippen molar-refractivity contribution in [3.8, 4) is 5.69 Å². The molecule has 0 radical (unpaired) electrons. The minimum atomic E-state index is -0.312. The van der Waals surface area contributed by atoms with E-state index in [0.717, 1.165) is 49.8 Å². The van der Waals surface area contributed by atoms with Gasteiger partial charge in [0, 0.05) is 49.7 Å². The Morgan fingerprint density at radius 2 is 1.71 bits per heavy atom. The molecule has 178 valence electrons. The van der Waals surface area contributed by atoms with E-state index in [-0.39, 0.29) is 5.97 Å². The Labute approximate surface area is 206 Å². The summed E-state index contributed by atoms with van der Waals surface area (Å²) in [6.07, 6.45) is 0. The third kappa shape index (κ3) is 5.46. The van der Waals surface area contributed by atoms with Gasteiger partial charge in [0.2, 0.25) is 0 Å². The molecule has 1 N–H and O–H groups in total. The molecule has 1 fully saturated rings. The van der Waals surface area contributed by atoms with E-state index >= 15 is 0 Å². The maximum absolute atomic E-state index is 11.8. The van der Waals surface area contributed by atoms with E-state index < -0.39 is 0 Å². The summed E-state index contributed by atoms with van der Waals surface area (Å²) in [4.78, 5) is 16.5. The van der Waals surface area contributed by atoms with Crippen molar-refractivity contribution in [3.63, 3.8) is 0 Å². The zero-order chi connectivity index (χ0) is 24.1. The van der Waals surface area contributed by atoms with Crippen molar-refractivity contribution in [1.82, 2.24) is 19.6 Å². The van der Waals surface area contributed by atoms with E-state index in [0.29, 0.717) is 17.3 Å². The second-order valence-electron chi connectivity index (χ2n) is 8.39. The Bertz CT molecular complexity index is 1140. The molecule has 2 heterocycles. The first-order valence-electron chi connectivity index (χ1n) is 11.6. The fourth-order valence-corrected chi connectivity index (χ4v) is 4.46. The Kier molecular flexibility index (Phi) is 7.59. The smallest absolute Gasteiger partial charge is 0.338 e. The molecule has 0 bridgehead atoms. The largest absolute Gasteiger partial charge is 0.462 e. The Morgan fingerprint density at radius 1 is 1.03 bits per heavy atom. The van der Waals surface area contributed by atoms with E-state index in [1.807, 2.05) is 35.0 Å². The van der Waals surface area contributed by atoms with Gasteiger partial charge in [-0.2, -0.15) is 5.10 Å². The number of benzene rings is 2. The van der Waals surface area contributed by atoms with Crippen LogP contribution in [-0.4, -0.2) is 63.4 Å². The van der Waals surface area contributed by atoms with Gasteiger partial charge in [-0.05, 0) is 69.4 Å². The Morgan fingerprint density at radius 3 is 2.35 bits per heavy atom. The Balaban J connectivity index is 1.31. The van der Waals surface area contributed by atoms with E-state index in [4.69, 9.17) is 22.1 Å². The minimum absolute atomic E-state index is 0.312. The van der Waals surface area contributed by atoms with Gasteiger partial charge in [-0.1, -0.05) is 18.2 Å². The summed E-state index contributed by atoms with van der Waals surface area (Å²) in [5, 5.41) is 8.77. The monoisotopic (exact) mass is 477 g/mol. The van der Waals surface area contributed by atoms with Crippen molar-refractivity contribution in [1.29, 1.82) is 0 Å². The number of piperazine rings is 1. The number of anilines is 1. The second-order valence-corrected chi connectivity index (χ2v) is 8.77. The van der Waals surface area contributed by atoms with Crippen LogP contribution in [0.4, 0.5) is 5.69 Å². The molecule has 1 aliphatic heterocycles. The lowest BCUT2D eigenvalue weighted by molar-refractivity contribution is 0.0526. The summed E-state index contributed by atoms with van der Waals surface area (Å²) in [5.41, 5.74) is 6.04. The molecular formula is C26H31N5O2S. The predicted molar refractivity (Wildman–Crippen MR) is 139 cm³/mol. The van der Waals surface area contributed by atoms with Gasteiger partial charge in [0.05, 0.1) is 23.6 Å². The number of nitrogens with one attached hydrogen (secondary N) is 1. The molecular weight excluding hydrogens is 446 g/mol.